The number of ether oxygens (including phenoxy) is 1. The van der Waals surface area contributed by atoms with Gasteiger partial charge < -0.3 is 15.2 Å². The van der Waals surface area contributed by atoms with E-state index in [1.165, 1.54) is 0 Å². The van der Waals surface area contributed by atoms with E-state index >= 15 is 0 Å². The summed E-state index contributed by atoms with van der Waals surface area (Å²) in [6.45, 7) is 4.65. The predicted molar refractivity (Wildman–Crippen MR) is 85.5 cm³/mol. The molecule has 1 atom stereocenters. The maximum Gasteiger partial charge on any atom is 0.408 e. The summed E-state index contributed by atoms with van der Waals surface area (Å²) in [6, 6.07) is -1.60. The van der Waals surface area contributed by atoms with Crippen molar-refractivity contribution in [1.29, 1.82) is 0 Å². The topological polar surface area (TPSA) is 75.6 Å². The number of carbonyl (C=O) groups is 2. The van der Waals surface area contributed by atoms with Crippen LogP contribution in [0.2, 0.25) is 0 Å². The molecule has 0 saturated heterocycles. The molecule has 0 aromatic heterocycles. The van der Waals surface area contributed by atoms with Crippen molar-refractivity contribution in [2.75, 3.05) is 5.75 Å². The molecule has 0 spiro atoms. The van der Waals surface area contributed by atoms with E-state index in [2.05, 4.69) is 15.9 Å². The molecule has 0 aliphatic rings. The Kier molecular flexibility index (Phi) is 7.12. The Bertz CT molecular complexity index is 667. The molecule has 2 N–H and O–H groups in total. The highest BCUT2D eigenvalue weighted by Crippen LogP contribution is 2.34. The zero-order valence-corrected chi connectivity index (χ0v) is 15.7. The monoisotopic (exact) mass is 447 g/mol. The number of alkyl carbamates (subject to hydrolysis) is 1. The van der Waals surface area contributed by atoms with E-state index in [1.807, 2.05) is 5.32 Å². The maximum absolute atomic E-state index is 13.7. The largest absolute Gasteiger partial charge is 0.480 e. The zero-order valence-electron chi connectivity index (χ0n) is 13.3. The number of hydrogen-bond donors (Lipinski definition) is 2. The van der Waals surface area contributed by atoms with Crippen LogP contribution in [0.3, 0.4) is 0 Å². The summed E-state index contributed by atoms with van der Waals surface area (Å²) in [5.74, 6) is -8.74. The summed E-state index contributed by atoms with van der Waals surface area (Å²) < 4.78 is 58.3. The van der Waals surface area contributed by atoms with Crippen LogP contribution in [-0.2, 0) is 9.53 Å². The van der Waals surface area contributed by atoms with Crippen molar-refractivity contribution in [3.05, 3.63) is 27.7 Å². The Hall–Kier alpha value is -1.49. The third kappa shape index (κ3) is 5.77. The van der Waals surface area contributed by atoms with Gasteiger partial charge in [0, 0.05) is 5.75 Å². The van der Waals surface area contributed by atoms with E-state index in [4.69, 9.17) is 9.84 Å². The van der Waals surface area contributed by atoms with Crippen molar-refractivity contribution in [3.63, 3.8) is 0 Å². The third-order valence-electron chi connectivity index (χ3n) is 2.55. The number of carboxylic acids is 1. The van der Waals surface area contributed by atoms with Gasteiger partial charge in [-0.25, -0.2) is 27.2 Å². The van der Waals surface area contributed by atoms with Crippen molar-refractivity contribution >= 4 is 39.8 Å². The molecule has 0 aliphatic heterocycles. The molecule has 0 saturated carbocycles. The van der Waals surface area contributed by atoms with Gasteiger partial charge in [-0.05, 0) is 36.7 Å². The van der Waals surface area contributed by atoms with Gasteiger partial charge in [-0.1, -0.05) is 0 Å². The molecule has 0 bridgehead atoms. The quantitative estimate of drug-likeness (QED) is 0.308. The second kappa shape index (κ2) is 8.26. The van der Waals surface area contributed by atoms with Crippen molar-refractivity contribution in [2.24, 2.45) is 0 Å². The van der Waals surface area contributed by atoms with Crippen LogP contribution < -0.4 is 5.32 Å². The van der Waals surface area contributed by atoms with Crippen LogP contribution in [0, 0.1) is 23.3 Å². The highest BCUT2D eigenvalue weighted by molar-refractivity contribution is 9.10. The first-order valence-corrected chi connectivity index (χ1v) is 8.49. The molecule has 25 heavy (non-hydrogen) atoms. The Morgan fingerprint density at radius 2 is 1.64 bits per heavy atom. The predicted octanol–water partition coefficient (Wildman–Crippen LogP) is 4.08. The van der Waals surface area contributed by atoms with Crippen LogP contribution in [0.25, 0.3) is 0 Å². The van der Waals surface area contributed by atoms with Crippen LogP contribution >= 0.6 is 27.7 Å². The molecule has 1 aromatic carbocycles. The SMILES string of the molecule is CC(C)(C)OC(=O)N[C@@H](CSc1c(F)c(F)c(Br)c(F)c1F)C(=O)O. The summed E-state index contributed by atoms with van der Waals surface area (Å²) in [6.07, 6.45) is -1.06. The number of aliphatic carboxylic acids is 1. The Morgan fingerprint density at radius 3 is 2.04 bits per heavy atom. The first-order chi connectivity index (χ1) is 11.3. The molecule has 1 aromatic rings. The lowest BCUT2D eigenvalue weighted by Crippen LogP contribution is -2.44. The molecule has 11 heteroatoms. The van der Waals surface area contributed by atoms with Crippen LogP contribution in [0.5, 0.6) is 0 Å². The lowest BCUT2D eigenvalue weighted by Gasteiger charge is -2.22. The van der Waals surface area contributed by atoms with Crippen LogP contribution in [0.1, 0.15) is 20.8 Å². The van der Waals surface area contributed by atoms with Gasteiger partial charge >= 0.3 is 12.1 Å². The molecular weight excluding hydrogens is 434 g/mol. The number of hydrogen-bond acceptors (Lipinski definition) is 4. The highest BCUT2D eigenvalue weighted by Gasteiger charge is 2.28. The van der Waals surface area contributed by atoms with E-state index in [0.717, 1.165) is 0 Å². The molecular formula is C14H14BrF4NO4S. The number of amides is 1. The van der Waals surface area contributed by atoms with Gasteiger partial charge in [0.15, 0.2) is 23.3 Å². The number of carboxylic acid groups (broad SMARTS) is 1. The van der Waals surface area contributed by atoms with Gasteiger partial charge in [0.25, 0.3) is 0 Å². The lowest BCUT2D eigenvalue weighted by atomic mass is 10.2. The number of carbonyl (C=O) groups excluding carboxylic acids is 1. The minimum atomic E-state index is -1.67. The molecule has 0 aliphatic carbocycles. The Labute approximate surface area is 153 Å². The highest BCUT2D eigenvalue weighted by atomic mass is 79.9. The summed E-state index contributed by atoms with van der Waals surface area (Å²) in [7, 11) is 0. The number of nitrogens with one attached hydrogen (secondary N) is 1. The smallest absolute Gasteiger partial charge is 0.408 e. The fourth-order valence-corrected chi connectivity index (χ4v) is 2.84. The average molecular weight is 448 g/mol. The number of halogens is 5. The van der Waals surface area contributed by atoms with E-state index < -0.39 is 62.1 Å². The molecule has 0 radical (unpaired) electrons. The summed E-state index contributed by atoms with van der Waals surface area (Å²) >= 11 is 2.58. The first kappa shape index (κ1) is 21.6. The molecule has 140 valence electrons. The van der Waals surface area contributed by atoms with Gasteiger partial charge in [0.05, 0.1) is 9.37 Å². The summed E-state index contributed by atoms with van der Waals surface area (Å²) in [4.78, 5) is 21.7. The van der Waals surface area contributed by atoms with Crippen LogP contribution in [-0.4, -0.2) is 34.6 Å². The zero-order chi connectivity index (χ0) is 19.5. The number of rotatable bonds is 5. The van der Waals surface area contributed by atoms with Gasteiger partial charge in [-0.15, -0.1) is 11.8 Å². The fraction of sp³-hybridized carbons (Fsp3) is 0.429. The minimum Gasteiger partial charge on any atom is -0.480 e. The third-order valence-corrected chi connectivity index (χ3v) is 4.40. The average Bonchev–Trinajstić information content (AvgIpc) is 2.47. The maximum atomic E-state index is 13.7. The first-order valence-electron chi connectivity index (χ1n) is 6.71. The summed E-state index contributed by atoms with van der Waals surface area (Å²) in [5.41, 5.74) is -0.892. The summed E-state index contributed by atoms with van der Waals surface area (Å²) in [5, 5.41) is 11.1. The van der Waals surface area contributed by atoms with Crippen molar-refractivity contribution in [1.82, 2.24) is 5.32 Å². The molecule has 1 amide bonds. The Balaban J connectivity index is 2.93. The van der Waals surface area contributed by atoms with Crippen LogP contribution in [0.4, 0.5) is 22.4 Å². The van der Waals surface area contributed by atoms with Gasteiger partial charge in [0.2, 0.25) is 0 Å². The van der Waals surface area contributed by atoms with E-state index in [1.54, 1.807) is 20.8 Å². The molecule has 5 nitrogen and oxygen atoms in total. The van der Waals surface area contributed by atoms with Crippen molar-refractivity contribution in [3.8, 4) is 0 Å². The molecule has 0 unspecified atom stereocenters. The number of benzene rings is 1. The molecule has 0 fully saturated rings. The standard InChI is InChI=1S/C14H14BrF4NO4S/c1-14(2,3)24-13(23)20-5(12(21)22)4-25-11-9(18)7(16)6(15)8(17)10(11)19/h5H,4H2,1-3H3,(H,20,23)(H,21,22)/t5-/m0/s1. The van der Waals surface area contributed by atoms with E-state index in [0.29, 0.717) is 0 Å². The van der Waals surface area contributed by atoms with E-state index in [-0.39, 0.29) is 11.8 Å². The van der Waals surface area contributed by atoms with Crippen molar-refractivity contribution in [2.45, 2.75) is 37.3 Å². The van der Waals surface area contributed by atoms with Crippen molar-refractivity contribution < 1.29 is 37.0 Å². The molecule has 0 heterocycles. The lowest BCUT2D eigenvalue weighted by molar-refractivity contribution is -0.138. The molecule has 1 rings (SSSR count). The fourth-order valence-electron chi connectivity index (χ4n) is 1.50. The normalized spacial score (nSPS) is 12.6. The van der Waals surface area contributed by atoms with Gasteiger partial charge in [0.1, 0.15) is 11.6 Å². The second-order valence-electron chi connectivity index (χ2n) is 5.75. The van der Waals surface area contributed by atoms with Crippen LogP contribution in [0.15, 0.2) is 9.37 Å². The van der Waals surface area contributed by atoms with E-state index in [9.17, 15) is 27.2 Å². The second-order valence-corrected chi connectivity index (χ2v) is 7.57. The minimum absolute atomic E-state index is 0.205. The van der Waals surface area contributed by atoms with Gasteiger partial charge in [-0.2, -0.15) is 0 Å². The van der Waals surface area contributed by atoms with Gasteiger partial charge in [-0.3, -0.25) is 0 Å². The number of thioether (sulfide) groups is 1. The Morgan fingerprint density at radius 1 is 1.16 bits per heavy atom.